The average Bonchev–Trinajstić information content (AvgIpc) is 3.07. The van der Waals surface area contributed by atoms with Crippen LogP contribution in [0.1, 0.15) is 36.8 Å². The van der Waals surface area contributed by atoms with Crippen LogP contribution >= 0.6 is 11.3 Å². The highest BCUT2D eigenvalue weighted by atomic mass is 32.1. The van der Waals surface area contributed by atoms with Crippen LogP contribution in [0.4, 0.5) is 0 Å². The zero-order valence-electron chi connectivity index (χ0n) is 11.3. The molecule has 0 radical (unpaired) electrons. The molecule has 0 aliphatic heterocycles. The summed E-state index contributed by atoms with van der Waals surface area (Å²) in [5.41, 5.74) is 1.42. The van der Waals surface area contributed by atoms with Crippen LogP contribution < -0.4 is 5.32 Å². The Bertz CT molecular complexity index is 505. The summed E-state index contributed by atoms with van der Waals surface area (Å²) in [5.74, 6) is 0. The Morgan fingerprint density at radius 1 is 1.32 bits per heavy atom. The van der Waals surface area contributed by atoms with Crippen molar-refractivity contribution >= 4 is 11.3 Å². The number of thiazole rings is 1. The highest BCUT2D eigenvalue weighted by Gasteiger charge is 2.35. The van der Waals surface area contributed by atoms with Gasteiger partial charge in [0.25, 0.3) is 0 Å². The van der Waals surface area contributed by atoms with Crippen molar-refractivity contribution in [2.75, 3.05) is 0 Å². The first-order chi connectivity index (χ1) is 9.26. The van der Waals surface area contributed by atoms with Crippen molar-refractivity contribution in [1.82, 2.24) is 10.3 Å². The first-order valence-corrected chi connectivity index (χ1v) is 7.86. The maximum absolute atomic E-state index is 4.54. The molecule has 100 valence electrons. The molecule has 1 aromatic carbocycles. The van der Waals surface area contributed by atoms with Gasteiger partial charge < -0.3 is 5.32 Å². The van der Waals surface area contributed by atoms with Gasteiger partial charge in [0.15, 0.2) is 0 Å². The summed E-state index contributed by atoms with van der Waals surface area (Å²) in [7, 11) is 0. The van der Waals surface area contributed by atoms with E-state index in [4.69, 9.17) is 0 Å². The quantitative estimate of drug-likeness (QED) is 0.866. The van der Waals surface area contributed by atoms with Crippen LogP contribution in [-0.2, 0) is 12.0 Å². The Morgan fingerprint density at radius 2 is 2.11 bits per heavy atom. The van der Waals surface area contributed by atoms with Crippen LogP contribution in [0.15, 0.2) is 41.9 Å². The topological polar surface area (TPSA) is 24.9 Å². The molecule has 1 unspecified atom stereocenters. The molecule has 3 rings (SSSR count). The van der Waals surface area contributed by atoms with Crippen molar-refractivity contribution in [1.29, 1.82) is 0 Å². The molecule has 1 aliphatic carbocycles. The van der Waals surface area contributed by atoms with Gasteiger partial charge in [-0.2, -0.15) is 0 Å². The second-order valence-corrected chi connectivity index (χ2v) is 6.47. The fourth-order valence-corrected chi connectivity index (χ4v) is 3.25. The third-order valence-corrected chi connectivity index (χ3v) is 4.80. The van der Waals surface area contributed by atoms with Crippen molar-refractivity contribution in [2.45, 2.75) is 44.2 Å². The lowest BCUT2D eigenvalue weighted by Crippen LogP contribution is -2.41. The molecule has 1 aromatic heterocycles. The Kier molecular flexibility index (Phi) is 3.67. The number of nitrogens with one attached hydrogen (secondary N) is 1. The molecule has 1 N–H and O–H groups in total. The van der Waals surface area contributed by atoms with E-state index in [2.05, 4.69) is 52.9 Å². The molecule has 1 aliphatic rings. The number of benzene rings is 1. The van der Waals surface area contributed by atoms with Gasteiger partial charge >= 0.3 is 0 Å². The van der Waals surface area contributed by atoms with E-state index in [0.29, 0.717) is 6.04 Å². The van der Waals surface area contributed by atoms with Crippen molar-refractivity contribution in [3.05, 3.63) is 52.5 Å². The molecule has 2 nitrogen and oxygen atoms in total. The average molecular weight is 272 g/mol. The molecule has 0 bridgehead atoms. The summed E-state index contributed by atoms with van der Waals surface area (Å²) in [6.45, 7) is 2.30. The molecular formula is C16H20N2S. The fraction of sp³-hybridized carbons (Fsp3) is 0.438. The van der Waals surface area contributed by atoms with Crippen LogP contribution in [-0.4, -0.2) is 11.0 Å². The summed E-state index contributed by atoms with van der Waals surface area (Å²) >= 11 is 1.76. The maximum atomic E-state index is 4.54. The minimum atomic E-state index is 0.0190. The first-order valence-electron chi connectivity index (χ1n) is 6.98. The van der Waals surface area contributed by atoms with E-state index in [1.807, 2.05) is 6.20 Å². The van der Waals surface area contributed by atoms with Gasteiger partial charge in [0.05, 0.1) is 5.54 Å². The van der Waals surface area contributed by atoms with E-state index in [0.717, 1.165) is 12.8 Å². The number of aromatic nitrogens is 1. The fourth-order valence-electron chi connectivity index (χ4n) is 2.45. The molecule has 19 heavy (non-hydrogen) atoms. The lowest BCUT2D eigenvalue weighted by molar-refractivity contribution is 0.335. The van der Waals surface area contributed by atoms with Gasteiger partial charge in [-0.1, -0.05) is 30.3 Å². The highest BCUT2D eigenvalue weighted by molar-refractivity contribution is 7.09. The molecule has 1 fully saturated rings. The lowest BCUT2D eigenvalue weighted by atomic mass is 9.93. The zero-order valence-corrected chi connectivity index (χ0v) is 12.1. The van der Waals surface area contributed by atoms with Crippen molar-refractivity contribution < 1.29 is 0 Å². The van der Waals surface area contributed by atoms with Gasteiger partial charge in [0, 0.05) is 17.6 Å². The van der Waals surface area contributed by atoms with Crippen LogP contribution in [0, 0.1) is 0 Å². The zero-order chi connectivity index (χ0) is 13.1. The summed E-state index contributed by atoms with van der Waals surface area (Å²) in [6, 6.07) is 11.4. The lowest BCUT2D eigenvalue weighted by Gasteiger charge is -2.29. The van der Waals surface area contributed by atoms with E-state index in [1.54, 1.807) is 11.3 Å². The standard InChI is InChI=1S/C16H20N2S/c1-16(18-14-7-8-14,15-17-11-12-19-15)10-9-13-5-3-2-4-6-13/h2-6,11-12,14,18H,7-10H2,1H3. The molecule has 2 aromatic rings. The second-order valence-electron chi connectivity index (χ2n) is 5.57. The minimum absolute atomic E-state index is 0.0190. The first kappa shape index (κ1) is 12.8. The number of nitrogens with zero attached hydrogens (tertiary/aromatic N) is 1. The van der Waals surface area contributed by atoms with E-state index in [9.17, 15) is 0 Å². The third-order valence-electron chi connectivity index (χ3n) is 3.76. The normalized spacial score (nSPS) is 18.2. The predicted octanol–water partition coefficient (Wildman–Crippen LogP) is 3.74. The SMILES string of the molecule is CC(CCc1ccccc1)(NC1CC1)c1nccs1. The van der Waals surface area contributed by atoms with E-state index in [1.165, 1.54) is 23.4 Å². The summed E-state index contributed by atoms with van der Waals surface area (Å²) in [5, 5.41) is 7.08. The van der Waals surface area contributed by atoms with Crippen LogP contribution in [0.25, 0.3) is 0 Å². The second kappa shape index (κ2) is 5.43. The number of hydrogen-bond acceptors (Lipinski definition) is 3. The predicted molar refractivity (Wildman–Crippen MR) is 80.4 cm³/mol. The van der Waals surface area contributed by atoms with Gasteiger partial charge in [0.2, 0.25) is 0 Å². The molecule has 1 atom stereocenters. The number of aryl methyl sites for hydroxylation is 1. The maximum Gasteiger partial charge on any atom is 0.112 e. The van der Waals surface area contributed by atoms with Crippen LogP contribution in [0.2, 0.25) is 0 Å². The Labute approximate surface area is 118 Å². The van der Waals surface area contributed by atoms with Crippen molar-refractivity contribution in [3.63, 3.8) is 0 Å². The van der Waals surface area contributed by atoms with Crippen molar-refractivity contribution in [2.24, 2.45) is 0 Å². The number of hydrogen-bond donors (Lipinski definition) is 1. The van der Waals surface area contributed by atoms with Gasteiger partial charge in [-0.3, -0.25) is 0 Å². The number of rotatable bonds is 6. The highest BCUT2D eigenvalue weighted by Crippen LogP contribution is 2.33. The molecule has 0 spiro atoms. The Balaban J connectivity index is 1.72. The monoisotopic (exact) mass is 272 g/mol. The molecule has 0 saturated heterocycles. The molecule has 1 saturated carbocycles. The summed E-state index contributed by atoms with van der Waals surface area (Å²) in [4.78, 5) is 4.54. The van der Waals surface area contributed by atoms with E-state index >= 15 is 0 Å². The van der Waals surface area contributed by atoms with E-state index in [-0.39, 0.29) is 5.54 Å². The van der Waals surface area contributed by atoms with Gasteiger partial charge in [-0.15, -0.1) is 11.3 Å². The van der Waals surface area contributed by atoms with Gasteiger partial charge in [-0.05, 0) is 38.2 Å². The Morgan fingerprint density at radius 3 is 2.74 bits per heavy atom. The molecule has 0 amide bonds. The molecule has 1 heterocycles. The molecule has 3 heteroatoms. The van der Waals surface area contributed by atoms with Gasteiger partial charge in [0.1, 0.15) is 5.01 Å². The van der Waals surface area contributed by atoms with Gasteiger partial charge in [-0.25, -0.2) is 4.98 Å². The van der Waals surface area contributed by atoms with Crippen LogP contribution in [0.3, 0.4) is 0 Å². The minimum Gasteiger partial charge on any atom is -0.303 e. The largest absolute Gasteiger partial charge is 0.303 e. The third kappa shape index (κ3) is 3.23. The smallest absolute Gasteiger partial charge is 0.112 e. The summed E-state index contributed by atoms with van der Waals surface area (Å²) < 4.78 is 0. The van der Waals surface area contributed by atoms with Crippen LogP contribution in [0.5, 0.6) is 0 Å². The van der Waals surface area contributed by atoms with Crippen molar-refractivity contribution in [3.8, 4) is 0 Å². The van der Waals surface area contributed by atoms with E-state index < -0.39 is 0 Å². The summed E-state index contributed by atoms with van der Waals surface area (Å²) in [6.07, 6.45) is 6.73. The molecular weight excluding hydrogens is 252 g/mol. The Hall–Kier alpha value is -1.19.